The van der Waals surface area contributed by atoms with Crippen molar-refractivity contribution in [2.24, 2.45) is 0 Å². The lowest BCUT2D eigenvalue weighted by molar-refractivity contribution is -0.116. The van der Waals surface area contributed by atoms with Gasteiger partial charge >= 0.3 is 5.97 Å². The molecule has 9 heteroatoms. The van der Waals surface area contributed by atoms with Crippen LogP contribution in [0, 0.1) is 13.8 Å². The second kappa shape index (κ2) is 8.26. The van der Waals surface area contributed by atoms with E-state index in [0.717, 1.165) is 11.3 Å². The summed E-state index contributed by atoms with van der Waals surface area (Å²) in [5, 5.41) is 21.0. The number of nitrogens with zero attached hydrogens (tertiary/aromatic N) is 4. The Balaban J connectivity index is 1.68. The van der Waals surface area contributed by atoms with Gasteiger partial charge in [-0.25, -0.2) is 4.79 Å². The molecule has 1 amide bonds. The zero-order valence-corrected chi connectivity index (χ0v) is 16.3. The highest BCUT2D eigenvalue weighted by molar-refractivity contribution is 6.31. The summed E-state index contributed by atoms with van der Waals surface area (Å²) >= 11 is 6.22. The maximum absolute atomic E-state index is 12.4. The summed E-state index contributed by atoms with van der Waals surface area (Å²) in [5.74, 6) is -1.32. The number of hydrogen-bond donors (Lipinski definition) is 2. The van der Waals surface area contributed by atoms with Gasteiger partial charge in [-0.1, -0.05) is 29.8 Å². The molecule has 0 unspecified atom stereocenters. The lowest BCUT2D eigenvalue weighted by Crippen LogP contribution is -2.18. The molecule has 0 aliphatic heterocycles. The first kappa shape index (κ1) is 19.6. The molecule has 3 aromatic rings. The van der Waals surface area contributed by atoms with Crippen molar-refractivity contribution in [3.05, 3.63) is 64.2 Å². The predicted octanol–water partition coefficient (Wildman–Crippen LogP) is 3.13. The zero-order valence-electron chi connectivity index (χ0n) is 15.5. The van der Waals surface area contributed by atoms with Gasteiger partial charge in [-0.05, 0) is 31.5 Å². The number of halogens is 1. The number of amides is 1. The van der Waals surface area contributed by atoms with Gasteiger partial charge in [0.1, 0.15) is 5.69 Å². The molecule has 0 fully saturated rings. The van der Waals surface area contributed by atoms with E-state index in [1.54, 1.807) is 4.68 Å². The van der Waals surface area contributed by atoms with Gasteiger partial charge in [0, 0.05) is 17.6 Å². The van der Waals surface area contributed by atoms with Gasteiger partial charge in [0.2, 0.25) is 5.91 Å². The monoisotopic (exact) mass is 401 g/mol. The van der Waals surface area contributed by atoms with Crippen molar-refractivity contribution in [2.45, 2.75) is 33.4 Å². The topological polar surface area (TPSA) is 102 Å². The van der Waals surface area contributed by atoms with Crippen LogP contribution < -0.4 is 5.32 Å². The molecule has 1 aromatic carbocycles. The Labute approximate surface area is 166 Å². The molecule has 0 spiro atoms. The number of carboxylic acids is 1. The summed E-state index contributed by atoms with van der Waals surface area (Å²) < 4.78 is 3.09. The molecule has 2 heterocycles. The van der Waals surface area contributed by atoms with E-state index in [1.807, 2.05) is 38.1 Å². The highest BCUT2D eigenvalue weighted by Gasteiger charge is 2.16. The Bertz CT molecular complexity index is 1020. The number of anilines is 1. The average molecular weight is 402 g/mol. The second-order valence-electron chi connectivity index (χ2n) is 6.34. The van der Waals surface area contributed by atoms with E-state index in [1.165, 1.54) is 16.9 Å². The van der Waals surface area contributed by atoms with E-state index < -0.39 is 5.97 Å². The van der Waals surface area contributed by atoms with Crippen LogP contribution in [0.15, 0.2) is 36.5 Å². The van der Waals surface area contributed by atoms with Crippen LogP contribution in [-0.2, 0) is 17.9 Å². The molecule has 0 saturated carbocycles. The van der Waals surface area contributed by atoms with Crippen LogP contribution in [0.1, 0.15) is 33.9 Å². The lowest BCUT2D eigenvalue weighted by atomic mass is 10.2. The van der Waals surface area contributed by atoms with Crippen LogP contribution in [0.4, 0.5) is 5.69 Å². The first-order chi connectivity index (χ1) is 13.4. The van der Waals surface area contributed by atoms with E-state index in [-0.39, 0.29) is 24.6 Å². The SMILES string of the molecule is Cc1nn(Cc2ccccc2Cl)c(C)c1NC(=O)CCn1nccc1C(=O)O. The number of carbonyl (C=O) groups excluding carboxylic acids is 1. The molecule has 8 nitrogen and oxygen atoms in total. The Hall–Kier alpha value is -3.13. The summed E-state index contributed by atoms with van der Waals surface area (Å²) in [6.07, 6.45) is 1.49. The number of nitrogens with one attached hydrogen (secondary N) is 1. The van der Waals surface area contributed by atoms with Gasteiger partial charge < -0.3 is 10.4 Å². The van der Waals surface area contributed by atoms with Crippen molar-refractivity contribution in [3.63, 3.8) is 0 Å². The maximum atomic E-state index is 12.4. The fraction of sp³-hybridized carbons (Fsp3) is 0.263. The number of carbonyl (C=O) groups is 2. The number of carboxylic acid groups (broad SMARTS) is 1. The molecule has 0 aliphatic carbocycles. The van der Waals surface area contributed by atoms with E-state index in [9.17, 15) is 9.59 Å². The van der Waals surface area contributed by atoms with Crippen molar-refractivity contribution < 1.29 is 14.7 Å². The first-order valence-corrected chi connectivity index (χ1v) is 9.07. The summed E-state index contributed by atoms with van der Waals surface area (Å²) in [6.45, 7) is 4.37. The molecule has 2 N–H and O–H groups in total. The fourth-order valence-electron chi connectivity index (χ4n) is 2.92. The summed E-state index contributed by atoms with van der Waals surface area (Å²) in [7, 11) is 0. The smallest absolute Gasteiger partial charge is 0.354 e. The molecule has 0 bridgehead atoms. The summed E-state index contributed by atoms with van der Waals surface area (Å²) in [6, 6.07) is 8.94. The number of aromatic carboxylic acids is 1. The van der Waals surface area contributed by atoms with Crippen molar-refractivity contribution in [1.82, 2.24) is 19.6 Å². The van der Waals surface area contributed by atoms with E-state index in [0.29, 0.717) is 22.9 Å². The van der Waals surface area contributed by atoms with Crippen molar-refractivity contribution in [2.75, 3.05) is 5.32 Å². The van der Waals surface area contributed by atoms with Crippen LogP contribution in [0.5, 0.6) is 0 Å². The van der Waals surface area contributed by atoms with Crippen LogP contribution in [0.3, 0.4) is 0 Å². The van der Waals surface area contributed by atoms with E-state index in [2.05, 4.69) is 15.5 Å². The normalized spacial score (nSPS) is 10.8. The molecule has 146 valence electrons. The highest BCUT2D eigenvalue weighted by Crippen LogP contribution is 2.23. The van der Waals surface area contributed by atoms with Gasteiger partial charge in [-0.15, -0.1) is 0 Å². The summed E-state index contributed by atoms with van der Waals surface area (Å²) in [5.41, 5.74) is 3.15. The van der Waals surface area contributed by atoms with Gasteiger partial charge in [0.25, 0.3) is 0 Å². The zero-order chi connectivity index (χ0) is 20.3. The van der Waals surface area contributed by atoms with Crippen molar-refractivity contribution >= 4 is 29.2 Å². The third-order valence-corrected chi connectivity index (χ3v) is 4.78. The minimum Gasteiger partial charge on any atom is -0.477 e. The maximum Gasteiger partial charge on any atom is 0.354 e. The third-order valence-electron chi connectivity index (χ3n) is 4.41. The van der Waals surface area contributed by atoms with Gasteiger partial charge in [-0.3, -0.25) is 14.2 Å². The third kappa shape index (κ3) is 4.23. The van der Waals surface area contributed by atoms with Crippen LogP contribution in [-0.4, -0.2) is 36.5 Å². The van der Waals surface area contributed by atoms with Crippen molar-refractivity contribution in [1.29, 1.82) is 0 Å². The Morgan fingerprint density at radius 2 is 1.93 bits per heavy atom. The molecule has 2 aromatic heterocycles. The number of aromatic nitrogens is 4. The number of aryl methyl sites for hydroxylation is 2. The quantitative estimate of drug-likeness (QED) is 0.633. The minimum absolute atomic E-state index is 0.0488. The molecule has 3 rings (SSSR count). The Morgan fingerprint density at radius 1 is 1.18 bits per heavy atom. The first-order valence-electron chi connectivity index (χ1n) is 8.69. The molecule has 0 saturated heterocycles. The number of rotatable bonds is 7. The van der Waals surface area contributed by atoms with E-state index in [4.69, 9.17) is 16.7 Å². The van der Waals surface area contributed by atoms with Crippen LogP contribution in [0.2, 0.25) is 5.02 Å². The Kier molecular flexibility index (Phi) is 5.79. The summed E-state index contributed by atoms with van der Waals surface area (Å²) in [4.78, 5) is 23.5. The van der Waals surface area contributed by atoms with Gasteiger partial charge in [-0.2, -0.15) is 10.2 Å². The second-order valence-corrected chi connectivity index (χ2v) is 6.74. The molecule has 0 atom stereocenters. The fourth-order valence-corrected chi connectivity index (χ4v) is 3.12. The van der Waals surface area contributed by atoms with Gasteiger partial charge in [0.05, 0.1) is 30.2 Å². The van der Waals surface area contributed by atoms with Crippen LogP contribution in [0.25, 0.3) is 0 Å². The molecule has 0 radical (unpaired) electrons. The molecule has 28 heavy (non-hydrogen) atoms. The molecular formula is C19H20ClN5O3. The van der Waals surface area contributed by atoms with Gasteiger partial charge in [0.15, 0.2) is 0 Å². The van der Waals surface area contributed by atoms with Crippen LogP contribution >= 0.6 is 11.6 Å². The number of benzene rings is 1. The molecular weight excluding hydrogens is 382 g/mol. The standard InChI is InChI=1S/C19H20ClN5O3/c1-12-18(13(2)25(23-12)11-14-5-3-4-6-15(14)20)22-17(26)8-10-24-16(19(27)28)7-9-21-24/h3-7,9H,8,10-11H2,1-2H3,(H,22,26)(H,27,28). The predicted molar refractivity (Wildman–Crippen MR) is 105 cm³/mol. The Morgan fingerprint density at radius 3 is 2.64 bits per heavy atom. The highest BCUT2D eigenvalue weighted by atomic mass is 35.5. The minimum atomic E-state index is -1.08. The number of hydrogen-bond acceptors (Lipinski definition) is 4. The van der Waals surface area contributed by atoms with E-state index >= 15 is 0 Å². The largest absolute Gasteiger partial charge is 0.477 e. The lowest BCUT2D eigenvalue weighted by Gasteiger charge is -2.09. The molecule has 0 aliphatic rings. The average Bonchev–Trinajstić information content (AvgIpc) is 3.22. The van der Waals surface area contributed by atoms with Crippen molar-refractivity contribution in [3.8, 4) is 0 Å².